The summed E-state index contributed by atoms with van der Waals surface area (Å²) in [4.78, 5) is 10.4. The van der Waals surface area contributed by atoms with Crippen LogP contribution in [0.1, 0.15) is 38.7 Å². The van der Waals surface area contributed by atoms with Crippen molar-refractivity contribution >= 4 is 5.69 Å². The van der Waals surface area contributed by atoms with Gasteiger partial charge in [0.15, 0.2) is 5.75 Å². The van der Waals surface area contributed by atoms with Crippen molar-refractivity contribution in [1.29, 1.82) is 5.26 Å². The second-order valence-electron chi connectivity index (χ2n) is 5.52. The summed E-state index contributed by atoms with van der Waals surface area (Å²) in [6.45, 7) is 3.88. The van der Waals surface area contributed by atoms with Gasteiger partial charge in [-0.05, 0) is 44.7 Å². The number of ether oxygens (including phenoxy) is 1. The van der Waals surface area contributed by atoms with Crippen molar-refractivity contribution in [3.63, 3.8) is 0 Å². The molecule has 0 atom stereocenters. The molecule has 0 bridgehead atoms. The van der Waals surface area contributed by atoms with E-state index in [-0.39, 0.29) is 23.5 Å². The Morgan fingerprint density at radius 3 is 2.71 bits per heavy atom. The van der Waals surface area contributed by atoms with Crippen molar-refractivity contribution in [2.45, 2.75) is 39.7 Å². The molecule has 21 heavy (non-hydrogen) atoms. The Kier molecular flexibility index (Phi) is 6.12. The minimum absolute atomic E-state index is 0.140. The molecule has 0 spiro atoms. The lowest BCUT2D eigenvalue weighted by atomic mass is 9.89. The lowest BCUT2D eigenvalue weighted by Crippen LogP contribution is -2.08. The van der Waals surface area contributed by atoms with E-state index in [4.69, 9.17) is 15.1 Å². The van der Waals surface area contributed by atoms with Gasteiger partial charge in [-0.1, -0.05) is 6.07 Å². The first-order valence-corrected chi connectivity index (χ1v) is 6.82. The minimum atomic E-state index is -0.521. The highest BCUT2D eigenvalue weighted by Gasteiger charge is 2.17. The fourth-order valence-corrected chi connectivity index (χ4v) is 1.83. The number of aliphatic hydroxyl groups excluding tert-OH is 1. The Morgan fingerprint density at radius 1 is 1.43 bits per heavy atom. The zero-order valence-electron chi connectivity index (χ0n) is 12.3. The molecule has 0 aliphatic rings. The fourth-order valence-electron chi connectivity index (χ4n) is 1.83. The second-order valence-corrected chi connectivity index (χ2v) is 5.52. The molecular weight excluding hydrogens is 272 g/mol. The molecule has 114 valence electrons. The van der Waals surface area contributed by atoms with E-state index in [9.17, 15) is 10.1 Å². The summed E-state index contributed by atoms with van der Waals surface area (Å²) in [5.74, 6) is 0.205. The van der Waals surface area contributed by atoms with E-state index in [1.807, 2.05) is 13.8 Å². The average molecular weight is 292 g/mol. The molecule has 1 rings (SSSR count). The van der Waals surface area contributed by atoms with E-state index in [1.54, 1.807) is 6.07 Å². The third-order valence-corrected chi connectivity index (χ3v) is 3.16. The zero-order valence-corrected chi connectivity index (χ0v) is 12.3. The summed E-state index contributed by atoms with van der Waals surface area (Å²) in [6, 6.07) is 6.65. The van der Waals surface area contributed by atoms with E-state index in [2.05, 4.69) is 6.07 Å². The van der Waals surface area contributed by atoms with E-state index in [0.29, 0.717) is 12.2 Å². The average Bonchev–Trinajstić information content (AvgIpc) is 2.46. The molecule has 0 heterocycles. The number of nitrogens with zero attached hydrogens (tertiary/aromatic N) is 2. The zero-order chi connectivity index (χ0) is 15.9. The SMILES string of the molecule is CC(C)(C#N)CCCCOc1ccc(CO)cc1[N+](=O)[O-]. The summed E-state index contributed by atoms with van der Waals surface area (Å²) in [6.07, 6.45) is 2.31. The quantitative estimate of drug-likeness (QED) is 0.451. The van der Waals surface area contributed by atoms with Crippen molar-refractivity contribution in [2.75, 3.05) is 6.61 Å². The topological polar surface area (TPSA) is 96.4 Å². The van der Waals surface area contributed by atoms with Gasteiger partial charge in [-0.2, -0.15) is 5.26 Å². The first-order valence-electron chi connectivity index (χ1n) is 6.82. The fraction of sp³-hybridized carbons (Fsp3) is 0.533. The number of nitriles is 1. The minimum Gasteiger partial charge on any atom is -0.487 e. The van der Waals surface area contributed by atoms with Crippen LogP contribution in [-0.4, -0.2) is 16.6 Å². The smallest absolute Gasteiger partial charge is 0.311 e. The predicted octanol–water partition coefficient (Wildman–Crippen LogP) is 3.19. The molecule has 1 aromatic rings. The van der Waals surface area contributed by atoms with Crippen LogP contribution in [0.2, 0.25) is 0 Å². The Balaban J connectivity index is 2.53. The van der Waals surface area contributed by atoms with Gasteiger partial charge in [-0.3, -0.25) is 10.1 Å². The maximum atomic E-state index is 11.0. The maximum Gasteiger partial charge on any atom is 0.311 e. The van der Waals surface area contributed by atoms with Crippen LogP contribution >= 0.6 is 0 Å². The lowest BCUT2D eigenvalue weighted by Gasteiger charge is -2.14. The normalized spacial score (nSPS) is 11.0. The number of benzene rings is 1. The van der Waals surface area contributed by atoms with Gasteiger partial charge in [0.2, 0.25) is 0 Å². The number of nitro groups is 1. The number of aliphatic hydroxyl groups is 1. The molecule has 6 heteroatoms. The summed E-state index contributed by atoms with van der Waals surface area (Å²) in [5.41, 5.74) is -0.0156. The van der Waals surface area contributed by atoms with Crippen LogP contribution in [0.3, 0.4) is 0 Å². The highest BCUT2D eigenvalue weighted by atomic mass is 16.6. The van der Waals surface area contributed by atoms with E-state index < -0.39 is 4.92 Å². The number of hydrogen-bond donors (Lipinski definition) is 1. The Bertz CT molecular complexity index is 535. The van der Waals surface area contributed by atoms with Gasteiger partial charge in [0.25, 0.3) is 0 Å². The number of nitro benzene ring substituents is 1. The summed E-state index contributed by atoms with van der Waals surface area (Å²) in [5, 5.41) is 28.8. The first-order chi connectivity index (χ1) is 9.89. The van der Waals surface area contributed by atoms with E-state index >= 15 is 0 Å². The van der Waals surface area contributed by atoms with Gasteiger partial charge >= 0.3 is 5.69 Å². The van der Waals surface area contributed by atoms with Crippen molar-refractivity contribution in [2.24, 2.45) is 5.41 Å². The van der Waals surface area contributed by atoms with Crippen LogP contribution in [0.4, 0.5) is 5.69 Å². The van der Waals surface area contributed by atoms with Gasteiger partial charge < -0.3 is 9.84 Å². The lowest BCUT2D eigenvalue weighted by molar-refractivity contribution is -0.386. The summed E-state index contributed by atoms with van der Waals surface area (Å²) >= 11 is 0. The molecule has 0 aromatic heterocycles. The summed E-state index contributed by atoms with van der Waals surface area (Å²) < 4.78 is 5.44. The molecule has 0 amide bonds. The van der Waals surface area contributed by atoms with Gasteiger partial charge in [-0.15, -0.1) is 0 Å². The van der Waals surface area contributed by atoms with Crippen molar-refractivity contribution in [1.82, 2.24) is 0 Å². The molecule has 0 radical (unpaired) electrons. The second kappa shape index (κ2) is 7.60. The standard InChI is InChI=1S/C15H20N2O4/c1-15(2,11-16)7-3-4-8-21-14-6-5-12(10-18)9-13(14)17(19)20/h5-6,9,18H,3-4,7-8,10H2,1-2H3. The maximum absolute atomic E-state index is 11.0. The highest BCUT2D eigenvalue weighted by Crippen LogP contribution is 2.28. The number of hydrogen-bond acceptors (Lipinski definition) is 5. The molecule has 0 saturated carbocycles. The van der Waals surface area contributed by atoms with Crippen LogP contribution in [0, 0.1) is 26.9 Å². The highest BCUT2D eigenvalue weighted by molar-refractivity contribution is 5.48. The molecule has 0 aliphatic heterocycles. The third kappa shape index (κ3) is 5.40. The number of rotatable bonds is 8. The molecule has 1 N–H and O–H groups in total. The van der Waals surface area contributed by atoms with Crippen molar-refractivity contribution < 1.29 is 14.8 Å². The van der Waals surface area contributed by atoms with Crippen LogP contribution in [0.25, 0.3) is 0 Å². The van der Waals surface area contributed by atoms with Gasteiger partial charge in [0, 0.05) is 6.07 Å². The van der Waals surface area contributed by atoms with E-state index in [0.717, 1.165) is 19.3 Å². The largest absolute Gasteiger partial charge is 0.487 e. The van der Waals surface area contributed by atoms with Crippen LogP contribution in [0.5, 0.6) is 5.75 Å². The molecular formula is C15H20N2O4. The third-order valence-electron chi connectivity index (χ3n) is 3.16. The van der Waals surface area contributed by atoms with Gasteiger partial charge in [0.1, 0.15) is 0 Å². The van der Waals surface area contributed by atoms with Crippen LogP contribution in [-0.2, 0) is 6.61 Å². The van der Waals surface area contributed by atoms with Crippen LogP contribution in [0.15, 0.2) is 18.2 Å². The predicted molar refractivity (Wildman–Crippen MR) is 77.8 cm³/mol. The monoisotopic (exact) mass is 292 g/mol. The summed E-state index contributed by atoms with van der Waals surface area (Å²) in [7, 11) is 0. The van der Waals surface area contributed by atoms with Gasteiger partial charge in [-0.25, -0.2) is 0 Å². The molecule has 6 nitrogen and oxygen atoms in total. The molecule has 0 saturated heterocycles. The van der Waals surface area contributed by atoms with Crippen molar-refractivity contribution in [3.05, 3.63) is 33.9 Å². The van der Waals surface area contributed by atoms with Gasteiger partial charge in [0.05, 0.1) is 29.6 Å². The number of unbranched alkanes of at least 4 members (excludes halogenated alkanes) is 1. The molecule has 0 unspecified atom stereocenters. The molecule has 0 aliphatic carbocycles. The Morgan fingerprint density at radius 2 is 2.14 bits per heavy atom. The molecule has 0 fully saturated rings. The van der Waals surface area contributed by atoms with Crippen LogP contribution < -0.4 is 4.74 Å². The Labute approximate surface area is 124 Å². The Hall–Kier alpha value is -2.13. The van der Waals surface area contributed by atoms with Crippen molar-refractivity contribution in [3.8, 4) is 11.8 Å². The first kappa shape index (κ1) is 16.9. The van der Waals surface area contributed by atoms with E-state index in [1.165, 1.54) is 12.1 Å². The molecule has 1 aromatic carbocycles.